The van der Waals surface area contributed by atoms with Crippen LogP contribution in [0.4, 0.5) is 0 Å². The summed E-state index contributed by atoms with van der Waals surface area (Å²) in [5.41, 5.74) is 3.53. The normalized spacial score (nSPS) is 29.2. The van der Waals surface area contributed by atoms with Crippen molar-refractivity contribution in [3.63, 3.8) is 0 Å². The summed E-state index contributed by atoms with van der Waals surface area (Å²) in [6, 6.07) is 8.91. The highest BCUT2D eigenvalue weighted by atomic mass is 35.5. The van der Waals surface area contributed by atoms with E-state index in [1.54, 1.807) is 11.3 Å². The first-order chi connectivity index (χ1) is 12.1. The number of piperidine rings is 1. The van der Waals surface area contributed by atoms with Gasteiger partial charge in [-0.25, -0.2) is 4.52 Å². The molecule has 0 amide bonds. The molecule has 0 radical (unpaired) electrons. The van der Waals surface area contributed by atoms with E-state index in [1.165, 1.54) is 16.0 Å². The van der Waals surface area contributed by atoms with Crippen LogP contribution in [-0.4, -0.2) is 22.3 Å². The van der Waals surface area contributed by atoms with E-state index in [-0.39, 0.29) is 11.6 Å². The molecule has 0 aromatic carbocycles. The van der Waals surface area contributed by atoms with Crippen LogP contribution in [0.1, 0.15) is 41.8 Å². The fourth-order valence-electron chi connectivity index (χ4n) is 4.48. The zero-order chi connectivity index (χ0) is 17.0. The summed E-state index contributed by atoms with van der Waals surface area (Å²) in [5, 5.41) is 8.28. The molecule has 5 rings (SSSR count). The van der Waals surface area contributed by atoms with Crippen LogP contribution in [0.5, 0.6) is 0 Å². The molecule has 1 spiro atoms. The molecule has 3 unspecified atom stereocenters. The zero-order valence-corrected chi connectivity index (χ0v) is 15.6. The Morgan fingerprint density at radius 3 is 3.24 bits per heavy atom. The number of nitrogens with zero attached hydrogens (tertiary/aromatic N) is 2. The van der Waals surface area contributed by atoms with Crippen molar-refractivity contribution in [1.82, 2.24) is 14.9 Å². The smallest absolute Gasteiger partial charge is 0.106 e. The topological polar surface area (TPSA) is 38.6 Å². The van der Waals surface area contributed by atoms with Gasteiger partial charge in [-0.3, -0.25) is 0 Å². The first-order valence-electron chi connectivity index (χ1n) is 8.76. The number of thiophene rings is 1. The molecule has 5 heterocycles. The Labute approximate surface area is 155 Å². The van der Waals surface area contributed by atoms with E-state index in [0.29, 0.717) is 6.04 Å². The van der Waals surface area contributed by atoms with Gasteiger partial charge in [0.2, 0.25) is 0 Å². The molecule has 0 bridgehead atoms. The molecule has 3 aromatic heterocycles. The number of hydrogen-bond acceptors (Lipinski definition) is 4. The predicted molar refractivity (Wildman–Crippen MR) is 100 cm³/mol. The first-order valence-corrected chi connectivity index (χ1v) is 9.95. The number of hydrogen-bond donors (Lipinski definition) is 1. The summed E-state index contributed by atoms with van der Waals surface area (Å²) in [5.74, 6) is 0. The molecule has 25 heavy (non-hydrogen) atoms. The average molecular weight is 374 g/mol. The largest absolute Gasteiger partial charge is 0.369 e. The van der Waals surface area contributed by atoms with Gasteiger partial charge in [-0.05, 0) is 43.5 Å². The van der Waals surface area contributed by atoms with E-state index in [4.69, 9.17) is 16.3 Å². The molecule has 1 fully saturated rings. The van der Waals surface area contributed by atoms with Gasteiger partial charge in [-0.15, -0.1) is 11.3 Å². The van der Waals surface area contributed by atoms with E-state index in [1.807, 2.05) is 23.0 Å². The quantitative estimate of drug-likeness (QED) is 0.690. The number of ether oxygens (including phenoxy) is 1. The summed E-state index contributed by atoms with van der Waals surface area (Å²) >= 11 is 8.03. The van der Waals surface area contributed by atoms with Crippen molar-refractivity contribution >= 4 is 28.5 Å². The monoisotopic (exact) mass is 373 g/mol. The van der Waals surface area contributed by atoms with Crippen LogP contribution in [0, 0.1) is 0 Å². The van der Waals surface area contributed by atoms with Crippen LogP contribution in [0.2, 0.25) is 4.34 Å². The minimum atomic E-state index is -0.232. The molecule has 4 nitrogen and oxygen atoms in total. The Kier molecular flexibility index (Phi) is 3.68. The number of fused-ring (bicyclic) bond motifs is 3. The molecule has 2 aliphatic heterocycles. The van der Waals surface area contributed by atoms with Crippen molar-refractivity contribution in [3.05, 3.63) is 57.0 Å². The fourth-order valence-corrected chi connectivity index (χ4v) is 5.95. The van der Waals surface area contributed by atoms with E-state index in [9.17, 15) is 0 Å². The van der Waals surface area contributed by atoms with Gasteiger partial charge in [0, 0.05) is 35.1 Å². The van der Waals surface area contributed by atoms with Crippen LogP contribution < -0.4 is 5.32 Å². The van der Waals surface area contributed by atoms with E-state index in [2.05, 4.69) is 35.5 Å². The second-order valence-corrected chi connectivity index (χ2v) is 8.84. The second-order valence-electron chi connectivity index (χ2n) is 7.16. The lowest BCUT2D eigenvalue weighted by molar-refractivity contribution is -0.0953. The van der Waals surface area contributed by atoms with E-state index in [0.717, 1.165) is 35.7 Å². The molecular weight excluding hydrogens is 354 g/mol. The predicted octanol–water partition coefficient (Wildman–Crippen LogP) is 4.33. The lowest BCUT2D eigenvalue weighted by Crippen LogP contribution is -2.49. The van der Waals surface area contributed by atoms with Gasteiger partial charge < -0.3 is 10.1 Å². The number of nitrogens with one attached hydrogen (secondary N) is 1. The maximum Gasteiger partial charge on any atom is 0.106 e. The number of halogens is 1. The van der Waals surface area contributed by atoms with Crippen molar-refractivity contribution in [1.29, 1.82) is 0 Å². The van der Waals surface area contributed by atoms with Gasteiger partial charge in [-0.1, -0.05) is 17.7 Å². The fraction of sp³-hybridized carbons (Fsp3) is 0.421. The molecule has 2 aliphatic rings. The van der Waals surface area contributed by atoms with Crippen molar-refractivity contribution < 1.29 is 4.74 Å². The number of rotatable bonds is 1. The molecule has 1 N–H and O–H groups in total. The Balaban J connectivity index is 1.58. The third-order valence-electron chi connectivity index (χ3n) is 5.43. The van der Waals surface area contributed by atoms with Gasteiger partial charge in [-0.2, -0.15) is 5.10 Å². The highest BCUT2D eigenvalue weighted by molar-refractivity contribution is 7.16. The summed E-state index contributed by atoms with van der Waals surface area (Å²) in [7, 11) is 0. The first kappa shape index (κ1) is 15.8. The number of pyridine rings is 1. The molecule has 3 aromatic rings. The van der Waals surface area contributed by atoms with Gasteiger partial charge in [0.15, 0.2) is 0 Å². The maximum atomic E-state index is 6.44. The lowest BCUT2D eigenvalue weighted by Gasteiger charge is -2.46. The zero-order valence-electron chi connectivity index (χ0n) is 14.0. The standard InChI is InChI=1S/C19H20ClN3OS/c1-12-9-19(18-13(5-7-24-19)8-17(20)25-18)10-15(22-12)14-11-21-23-6-3-2-4-16(14)23/h2-4,6,8,11-12,15,22H,5,7,9-10H2,1H3. The van der Waals surface area contributed by atoms with Crippen LogP contribution in [0.3, 0.4) is 0 Å². The Morgan fingerprint density at radius 1 is 1.40 bits per heavy atom. The Bertz CT molecular complexity index is 936. The second kappa shape index (κ2) is 5.81. The highest BCUT2D eigenvalue weighted by Gasteiger charge is 2.46. The molecule has 6 heteroatoms. The summed E-state index contributed by atoms with van der Waals surface area (Å²) < 4.78 is 9.25. The third-order valence-corrected chi connectivity index (χ3v) is 6.92. The van der Waals surface area contributed by atoms with E-state index < -0.39 is 0 Å². The minimum absolute atomic E-state index is 0.218. The molecular formula is C19H20ClN3OS. The Hall–Kier alpha value is -1.40. The van der Waals surface area contributed by atoms with Crippen LogP contribution in [0.25, 0.3) is 5.52 Å². The van der Waals surface area contributed by atoms with Gasteiger partial charge in [0.25, 0.3) is 0 Å². The molecule has 1 saturated heterocycles. The van der Waals surface area contributed by atoms with Gasteiger partial charge in [0.05, 0.1) is 22.7 Å². The lowest BCUT2D eigenvalue weighted by atomic mass is 9.78. The SMILES string of the molecule is CC1CC2(CC(c3cnn4ccccc34)N1)OCCc1cc(Cl)sc12. The molecule has 0 saturated carbocycles. The Morgan fingerprint density at radius 2 is 2.32 bits per heavy atom. The average Bonchev–Trinajstić information content (AvgIpc) is 3.18. The maximum absolute atomic E-state index is 6.44. The minimum Gasteiger partial charge on any atom is -0.369 e. The van der Waals surface area contributed by atoms with Gasteiger partial charge >= 0.3 is 0 Å². The summed E-state index contributed by atoms with van der Waals surface area (Å²) in [6.45, 7) is 3.01. The van der Waals surface area contributed by atoms with Crippen LogP contribution in [-0.2, 0) is 16.8 Å². The van der Waals surface area contributed by atoms with Gasteiger partial charge in [0.1, 0.15) is 5.60 Å². The number of aromatic nitrogens is 2. The molecule has 0 aliphatic carbocycles. The summed E-state index contributed by atoms with van der Waals surface area (Å²) in [4.78, 5) is 1.33. The van der Waals surface area contributed by atoms with Crippen molar-refractivity contribution in [3.8, 4) is 0 Å². The highest BCUT2D eigenvalue weighted by Crippen LogP contribution is 2.50. The van der Waals surface area contributed by atoms with Crippen LogP contribution in [0.15, 0.2) is 36.7 Å². The molecule has 3 atom stereocenters. The van der Waals surface area contributed by atoms with E-state index >= 15 is 0 Å². The van der Waals surface area contributed by atoms with Crippen LogP contribution >= 0.6 is 22.9 Å². The van der Waals surface area contributed by atoms with Crippen molar-refractivity contribution in [2.75, 3.05) is 6.61 Å². The van der Waals surface area contributed by atoms with Crippen molar-refractivity contribution in [2.45, 2.75) is 43.9 Å². The molecule has 130 valence electrons. The summed E-state index contributed by atoms with van der Waals surface area (Å²) in [6.07, 6.45) is 6.84. The van der Waals surface area contributed by atoms with Crippen molar-refractivity contribution in [2.24, 2.45) is 0 Å². The third kappa shape index (κ3) is 2.53.